The number of amides is 2. The van der Waals surface area contributed by atoms with Crippen LogP contribution in [0.4, 0.5) is 4.79 Å². The largest absolute Gasteiger partial charge is 0.481 e. The smallest absolute Gasteiger partial charge is 0.407 e. The minimum atomic E-state index is -0.955. The zero-order valence-corrected chi connectivity index (χ0v) is 20.3. The predicted octanol–water partition coefficient (Wildman–Crippen LogP) is 3.97. The highest BCUT2D eigenvalue weighted by atomic mass is 32.2. The van der Waals surface area contributed by atoms with Crippen molar-refractivity contribution in [3.63, 3.8) is 0 Å². The van der Waals surface area contributed by atoms with E-state index in [0.717, 1.165) is 22.3 Å². The Bertz CT molecular complexity index is 1040. The van der Waals surface area contributed by atoms with E-state index in [0.29, 0.717) is 25.1 Å². The zero-order chi connectivity index (χ0) is 24.3. The molecule has 34 heavy (non-hydrogen) atoms. The first-order valence-electron chi connectivity index (χ1n) is 11.5. The van der Waals surface area contributed by atoms with Crippen molar-refractivity contribution in [2.24, 2.45) is 5.41 Å². The molecule has 0 saturated carbocycles. The van der Waals surface area contributed by atoms with Gasteiger partial charge >= 0.3 is 12.1 Å². The Morgan fingerprint density at radius 2 is 1.76 bits per heavy atom. The maximum atomic E-state index is 13.1. The minimum Gasteiger partial charge on any atom is -0.481 e. The summed E-state index contributed by atoms with van der Waals surface area (Å²) in [6, 6.07) is 15.5. The Hall–Kier alpha value is -3.00. The van der Waals surface area contributed by atoms with Crippen LogP contribution < -0.4 is 5.32 Å². The molecule has 2 N–H and O–H groups in total. The lowest BCUT2D eigenvalue weighted by Gasteiger charge is -2.25. The van der Waals surface area contributed by atoms with Crippen molar-refractivity contribution < 1.29 is 24.2 Å². The van der Waals surface area contributed by atoms with Gasteiger partial charge in [-0.2, -0.15) is 11.8 Å². The topological polar surface area (TPSA) is 95.9 Å². The number of hydrogen-bond acceptors (Lipinski definition) is 5. The number of carboxylic acids is 1. The lowest BCUT2D eigenvalue weighted by molar-refractivity contribution is -0.147. The highest BCUT2D eigenvalue weighted by molar-refractivity contribution is 7.98. The van der Waals surface area contributed by atoms with Crippen LogP contribution in [0.25, 0.3) is 11.1 Å². The van der Waals surface area contributed by atoms with Gasteiger partial charge in [-0.3, -0.25) is 9.59 Å². The standard InChI is InChI=1S/C26H30N2O5S/c1-26(24(30)31)12-13-28(16-26)23(29)22(11-14-34-2)27-25(32)33-15-21-19-9-5-3-7-17(19)18-8-4-6-10-20(18)21/h3-10,21-22H,11-16H2,1-2H3,(H,27,32)(H,30,31). The Morgan fingerprint density at radius 1 is 1.15 bits per heavy atom. The molecule has 2 atom stereocenters. The number of carboxylic acid groups (broad SMARTS) is 1. The van der Waals surface area contributed by atoms with Crippen LogP contribution >= 0.6 is 11.8 Å². The van der Waals surface area contributed by atoms with Crippen molar-refractivity contribution in [3.8, 4) is 11.1 Å². The summed E-state index contributed by atoms with van der Waals surface area (Å²) < 4.78 is 5.62. The van der Waals surface area contributed by atoms with E-state index < -0.39 is 23.5 Å². The van der Waals surface area contributed by atoms with Crippen LogP contribution in [0, 0.1) is 5.41 Å². The molecule has 2 unspecified atom stereocenters. The van der Waals surface area contributed by atoms with Crippen LogP contribution in [0.5, 0.6) is 0 Å². The molecule has 1 aliphatic carbocycles. The summed E-state index contributed by atoms with van der Waals surface area (Å²) in [6.45, 7) is 2.33. The summed E-state index contributed by atoms with van der Waals surface area (Å²) in [7, 11) is 0. The van der Waals surface area contributed by atoms with Crippen molar-refractivity contribution in [3.05, 3.63) is 59.7 Å². The second-order valence-electron chi connectivity index (χ2n) is 9.18. The van der Waals surface area contributed by atoms with Crippen molar-refractivity contribution in [2.75, 3.05) is 31.7 Å². The van der Waals surface area contributed by atoms with E-state index in [4.69, 9.17) is 4.74 Å². The molecule has 2 aromatic rings. The van der Waals surface area contributed by atoms with Crippen LogP contribution in [-0.4, -0.2) is 65.7 Å². The molecule has 1 heterocycles. The normalized spacial score (nSPS) is 19.9. The number of rotatable bonds is 8. The zero-order valence-electron chi connectivity index (χ0n) is 19.5. The maximum Gasteiger partial charge on any atom is 0.407 e. The number of ether oxygens (including phenoxy) is 1. The second kappa shape index (κ2) is 10.1. The number of carbonyl (C=O) groups excluding carboxylic acids is 2. The average Bonchev–Trinajstić information content (AvgIpc) is 3.39. The number of fused-ring (bicyclic) bond motifs is 3. The molecular weight excluding hydrogens is 452 g/mol. The summed E-state index contributed by atoms with van der Waals surface area (Å²) in [5, 5.41) is 12.2. The molecule has 1 fully saturated rings. The lowest BCUT2D eigenvalue weighted by atomic mass is 9.90. The fourth-order valence-corrected chi connectivity index (χ4v) is 5.29. The first kappa shape index (κ1) is 24.1. The quantitative estimate of drug-likeness (QED) is 0.591. The van der Waals surface area contributed by atoms with Crippen LogP contribution in [0.1, 0.15) is 36.8 Å². The Morgan fingerprint density at radius 3 is 2.32 bits per heavy atom. The van der Waals surface area contributed by atoms with Gasteiger partial charge in [-0.05, 0) is 54.0 Å². The number of nitrogens with one attached hydrogen (secondary N) is 1. The van der Waals surface area contributed by atoms with Gasteiger partial charge in [-0.1, -0.05) is 48.5 Å². The van der Waals surface area contributed by atoms with E-state index in [-0.39, 0.29) is 25.0 Å². The monoisotopic (exact) mass is 482 g/mol. The molecular formula is C26H30N2O5S. The summed E-state index contributed by atoms with van der Waals surface area (Å²) in [5.41, 5.74) is 3.59. The second-order valence-corrected chi connectivity index (χ2v) is 10.2. The Labute approximate surface area is 203 Å². The number of hydrogen-bond donors (Lipinski definition) is 2. The van der Waals surface area contributed by atoms with Crippen molar-refractivity contribution in [1.82, 2.24) is 10.2 Å². The van der Waals surface area contributed by atoms with Gasteiger partial charge in [-0.25, -0.2) is 4.79 Å². The fourth-order valence-electron chi connectivity index (χ4n) is 4.82. The number of thioether (sulfide) groups is 1. The molecule has 2 amide bonds. The SMILES string of the molecule is CSCCC(NC(=O)OCC1c2ccccc2-c2ccccc21)C(=O)N1CCC(C)(C(=O)O)C1. The summed E-state index contributed by atoms with van der Waals surface area (Å²) >= 11 is 1.58. The Balaban J connectivity index is 1.41. The fraction of sp³-hybridized carbons (Fsp3) is 0.423. The number of alkyl carbamates (subject to hydrolysis) is 1. The highest BCUT2D eigenvalue weighted by Gasteiger charge is 2.43. The lowest BCUT2D eigenvalue weighted by Crippen LogP contribution is -2.49. The molecule has 0 bridgehead atoms. The van der Waals surface area contributed by atoms with E-state index in [1.165, 1.54) is 0 Å². The third-order valence-electron chi connectivity index (χ3n) is 6.85. The third-order valence-corrected chi connectivity index (χ3v) is 7.49. The third kappa shape index (κ3) is 4.78. The van der Waals surface area contributed by atoms with Crippen molar-refractivity contribution in [1.29, 1.82) is 0 Å². The molecule has 2 aliphatic rings. The van der Waals surface area contributed by atoms with E-state index in [9.17, 15) is 19.5 Å². The summed E-state index contributed by atoms with van der Waals surface area (Å²) in [5.74, 6) is -0.543. The van der Waals surface area contributed by atoms with Crippen molar-refractivity contribution >= 4 is 29.7 Å². The van der Waals surface area contributed by atoms with E-state index >= 15 is 0 Å². The molecule has 7 nitrogen and oxygen atoms in total. The number of benzene rings is 2. The van der Waals surface area contributed by atoms with Gasteiger partial charge in [0.1, 0.15) is 12.6 Å². The number of carbonyl (C=O) groups is 3. The van der Waals surface area contributed by atoms with Gasteiger partial charge in [0.05, 0.1) is 5.41 Å². The van der Waals surface area contributed by atoms with Gasteiger partial charge in [0, 0.05) is 19.0 Å². The molecule has 1 aliphatic heterocycles. The molecule has 0 radical (unpaired) electrons. The first-order valence-corrected chi connectivity index (χ1v) is 12.9. The summed E-state index contributed by atoms with van der Waals surface area (Å²) in [4.78, 5) is 39.0. The minimum absolute atomic E-state index is 0.0617. The van der Waals surface area contributed by atoms with Crippen LogP contribution in [-0.2, 0) is 14.3 Å². The van der Waals surface area contributed by atoms with Gasteiger partial charge in [0.2, 0.25) is 5.91 Å². The predicted molar refractivity (Wildman–Crippen MR) is 132 cm³/mol. The first-order chi connectivity index (χ1) is 16.3. The average molecular weight is 483 g/mol. The number of aliphatic carboxylic acids is 1. The number of nitrogens with zero attached hydrogens (tertiary/aromatic N) is 1. The molecule has 1 saturated heterocycles. The Kier molecular flexibility index (Phi) is 7.16. The molecule has 4 rings (SSSR count). The van der Waals surface area contributed by atoms with Gasteiger partial charge in [0.15, 0.2) is 0 Å². The highest BCUT2D eigenvalue weighted by Crippen LogP contribution is 2.44. The number of likely N-dealkylation sites (tertiary alicyclic amines) is 1. The molecule has 2 aromatic carbocycles. The molecule has 180 valence electrons. The van der Waals surface area contributed by atoms with Crippen LogP contribution in [0.3, 0.4) is 0 Å². The van der Waals surface area contributed by atoms with Gasteiger partial charge in [0.25, 0.3) is 0 Å². The van der Waals surface area contributed by atoms with E-state index in [1.807, 2.05) is 30.5 Å². The van der Waals surface area contributed by atoms with Gasteiger partial charge < -0.3 is 20.1 Å². The van der Waals surface area contributed by atoms with Crippen LogP contribution in [0.15, 0.2) is 48.5 Å². The summed E-state index contributed by atoms with van der Waals surface area (Å²) in [6.07, 6.45) is 2.15. The molecule has 0 spiro atoms. The van der Waals surface area contributed by atoms with E-state index in [1.54, 1.807) is 23.6 Å². The maximum absolute atomic E-state index is 13.1. The molecule has 8 heteroatoms. The van der Waals surface area contributed by atoms with E-state index in [2.05, 4.69) is 29.6 Å². The van der Waals surface area contributed by atoms with Crippen molar-refractivity contribution in [2.45, 2.75) is 31.7 Å². The van der Waals surface area contributed by atoms with Gasteiger partial charge in [-0.15, -0.1) is 0 Å². The van der Waals surface area contributed by atoms with Crippen LogP contribution in [0.2, 0.25) is 0 Å². The molecule has 0 aromatic heterocycles.